The monoisotopic (exact) mass is 824 g/mol. The Balaban J connectivity index is 0.000000172. The number of hydrogen-bond acceptors (Lipinski definition) is 4. The Kier molecular flexibility index (Phi) is 11.9. The zero-order valence-corrected chi connectivity index (χ0v) is 33.4. The summed E-state index contributed by atoms with van der Waals surface area (Å²) in [4.78, 5) is 31.6. The van der Waals surface area contributed by atoms with E-state index in [4.69, 9.17) is 55.2 Å². The fourth-order valence-corrected chi connectivity index (χ4v) is 7.05. The van der Waals surface area contributed by atoms with E-state index >= 15 is 0 Å². The first-order valence-corrected chi connectivity index (χ1v) is 19.3. The number of fused-ring (bicyclic) bond motifs is 2. The van der Waals surface area contributed by atoms with Crippen LogP contribution in [-0.2, 0) is 12.8 Å². The fourth-order valence-electron chi connectivity index (χ4n) is 6.45. The van der Waals surface area contributed by atoms with E-state index in [0.29, 0.717) is 80.2 Å². The largest absolute Gasteiger partial charge is 0.461 e. The van der Waals surface area contributed by atoms with Gasteiger partial charge in [-0.2, -0.15) is 0 Å². The van der Waals surface area contributed by atoms with E-state index in [-0.39, 0.29) is 11.8 Å². The Morgan fingerprint density at radius 3 is 1.30 bits per heavy atom. The molecule has 12 heteroatoms. The number of aryl methyl sites for hydroxylation is 2. The Bertz CT molecular complexity index is 2470. The summed E-state index contributed by atoms with van der Waals surface area (Å²) in [6.07, 6.45) is 5.31. The van der Waals surface area contributed by atoms with Crippen LogP contribution in [-0.4, -0.2) is 34.9 Å². The Hall–Kier alpha value is -5.38. The molecule has 0 saturated heterocycles. The molecule has 2 amide bonds. The molecule has 0 spiro atoms. The van der Waals surface area contributed by atoms with Crippen LogP contribution < -0.4 is 10.6 Å². The molecule has 0 bridgehead atoms. The number of rotatable bonds is 10. The van der Waals surface area contributed by atoms with Crippen molar-refractivity contribution in [3.8, 4) is 22.6 Å². The van der Waals surface area contributed by atoms with Crippen LogP contribution >= 0.6 is 46.4 Å². The standard InChI is InChI=1S/2C22H18Cl2N2O2/c2*1-13-18(11-21(28-13)14-2-4-16(23)5-3-14)22(27)25-9-8-15-12-26-20-7-6-17(24)10-19(15)20/h2*2-7,10-12,26H,8-9H2,1H3,(H,25,27). The molecule has 56 heavy (non-hydrogen) atoms. The fraction of sp³-hybridized carbons (Fsp3) is 0.136. The lowest BCUT2D eigenvalue weighted by Crippen LogP contribution is -2.25. The van der Waals surface area contributed by atoms with Gasteiger partial charge in [0.25, 0.3) is 11.8 Å². The molecule has 4 aromatic carbocycles. The summed E-state index contributed by atoms with van der Waals surface area (Å²) in [5.74, 6) is 2.15. The highest BCUT2D eigenvalue weighted by molar-refractivity contribution is 6.32. The normalized spacial score (nSPS) is 11.1. The van der Waals surface area contributed by atoms with E-state index in [1.54, 1.807) is 50.2 Å². The number of aromatic nitrogens is 2. The molecule has 0 unspecified atom stereocenters. The molecule has 0 saturated carbocycles. The molecule has 0 radical (unpaired) electrons. The predicted molar refractivity (Wildman–Crippen MR) is 226 cm³/mol. The molecule has 0 atom stereocenters. The first-order chi connectivity index (χ1) is 27.0. The van der Waals surface area contributed by atoms with Crippen molar-refractivity contribution in [3.63, 3.8) is 0 Å². The second-order valence-electron chi connectivity index (χ2n) is 13.2. The van der Waals surface area contributed by atoms with Crippen LogP contribution in [0.4, 0.5) is 0 Å². The summed E-state index contributed by atoms with van der Waals surface area (Å²) in [6.45, 7) is 4.60. The summed E-state index contributed by atoms with van der Waals surface area (Å²) < 4.78 is 11.5. The van der Waals surface area contributed by atoms with Gasteiger partial charge in [0, 0.05) is 78.5 Å². The van der Waals surface area contributed by atoms with Gasteiger partial charge in [0.2, 0.25) is 0 Å². The van der Waals surface area contributed by atoms with Crippen molar-refractivity contribution in [1.82, 2.24) is 20.6 Å². The zero-order chi connectivity index (χ0) is 39.3. The van der Waals surface area contributed by atoms with Gasteiger partial charge in [-0.3, -0.25) is 9.59 Å². The highest BCUT2D eigenvalue weighted by Gasteiger charge is 2.18. The molecule has 0 fully saturated rings. The van der Waals surface area contributed by atoms with Crippen molar-refractivity contribution < 1.29 is 18.4 Å². The van der Waals surface area contributed by atoms with Gasteiger partial charge in [-0.1, -0.05) is 46.4 Å². The van der Waals surface area contributed by atoms with Crippen molar-refractivity contribution in [2.45, 2.75) is 26.7 Å². The summed E-state index contributed by atoms with van der Waals surface area (Å²) in [5.41, 5.74) is 7.11. The van der Waals surface area contributed by atoms with Gasteiger partial charge in [-0.15, -0.1) is 0 Å². The number of furan rings is 2. The van der Waals surface area contributed by atoms with Crippen LogP contribution in [0.3, 0.4) is 0 Å². The number of H-pyrrole nitrogens is 2. The zero-order valence-electron chi connectivity index (χ0n) is 30.4. The van der Waals surface area contributed by atoms with Crippen LogP contribution in [0, 0.1) is 13.8 Å². The minimum atomic E-state index is -0.153. The third-order valence-electron chi connectivity index (χ3n) is 9.40. The smallest absolute Gasteiger partial charge is 0.254 e. The van der Waals surface area contributed by atoms with Crippen molar-refractivity contribution in [2.75, 3.05) is 13.1 Å². The topological polar surface area (TPSA) is 116 Å². The third kappa shape index (κ3) is 9.01. The highest BCUT2D eigenvalue weighted by atomic mass is 35.5. The molecule has 4 heterocycles. The first kappa shape index (κ1) is 38.9. The molecule has 8 nitrogen and oxygen atoms in total. The van der Waals surface area contributed by atoms with E-state index in [1.165, 1.54) is 0 Å². The van der Waals surface area contributed by atoms with E-state index in [2.05, 4.69) is 20.6 Å². The minimum absolute atomic E-state index is 0.153. The molecule has 8 aromatic rings. The van der Waals surface area contributed by atoms with Gasteiger partial charge in [-0.25, -0.2) is 0 Å². The number of carbonyl (C=O) groups is 2. The van der Waals surface area contributed by atoms with E-state index in [9.17, 15) is 9.59 Å². The quantitative estimate of drug-likeness (QED) is 0.110. The lowest BCUT2D eigenvalue weighted by atomic mass is 10.1. The summed E-state index contributed by atoms with van der Waals surface area (Å²) >= 11 is 24.0. The first-order valence-electron chi connectivity index (χ1n) is 17.8. The summed E-state index contributed by atoms with van der Waals surface area (Å²) in [6, 6.07) is 29.6. The van der Waals surface area contributed by atoms with Crippen molar-refractivity contribution in [2.24, 2.45) is 0 Å². The molecule has 4 aromatic heterocycles. The van der Waals surface area contributed by atoms with Crippen molar-refractivity contribution in [3.05, 3.63) is 163 Å². The number of carbonyl (C=O) groups excluding carboxylic acids is 2. The molecule has 0 aliphatic carbocycles. The lowest BCUT2D eigenvalue weighted by Gasteiger charge is -2.04. The molecule has 8 rings (SSSR count). The molecular weight excluding hydrogens is 790 g/mol. The molecule has 4 N–H and O–H groups in total. The van der Waals surface area contributed by atoms with Gasteiger partial charge in [-0.05, 0) is 135 Å². The lowest BCUT2D eigenvalue weighted by molar-refractivity contribution is 0.0944. The Morgan fingerprint density at radius 1 is 0.536 bits per heavy atom. The van der Waals surface area contributed by atoms with Gasteiger partial charge < -0.3 is 29.4 Å². The Morgan fingerprint density at radius 2 is 0.911 bits per heavy atom. The molecular formula is C44H36Cl4N4O4. The number of nitrogens with one attached hydrogen (secondary N) is 4. The molecule has 0 aliphatic rings. The second kappa shape index (κ2) is 17.2. The van der Waals surface area contributed by atoms with E-state index in [0.717, 1.165) is 44.1 Å². The number of benzene rings is 4. The van der Waals surface area contributed by atoms with Crippen LogP contribution in [0.1, 0.15) is 43.4 Å². The van der Waals surface area contributed by atoms with Gasteiger partial charge in [0.1, 0.15) is 23.0 Å². The van der Waals surface area contributed by atoms with E-state index in [1.807, 2.05) is 73.1 Å². The maximum absolute atomic E-state index is 12.6. The highest BCUT2D eigenvalue weighted by Crippen LogP contribution is 2.29. The summed E-state index contributed by atoms with van der Waals surface area (Å²) in [7, 11) is 0. The minimum Gasteiger partial charge on any atom is -0.461 e. The average Bonchev–Trinajstić information content (AvgIpc) is 3.98. The number of hydrogen-bond donors (Lipinski definition) is 4. The van der Waals surface area contributed by atoms with Crippen LogP contribution in [0.5, 0.6) is 0 Å². The third-order valence-corrected chi connectivity index (χ3v) is 10.4. The summed E-state index contributed by atoms with van der Waals surface area (Å²) in [5, 5.41) is 10.8. The van der Waals surface area contributed by atoms with Crippen molar-refractivity contribution >= 4 is 80.0 Å². The van der Waals surface area contributed by atoms with Gasteiger partial charge in [0.05, 0.1) is 11.1 Å². The second-order valence-corrected chi connectivity index (χ2v) is 14.9. The van der Waals surface area contributed by atoms with Gasteiger partial charge in [0.15, 0.2) is 0 Å². The average molecular weight is 827 g/mol. The molecule has 284 valence electrons. The van der Waals surface area contributed by atoms with Crippen molar-refractivity contribution in [1.29, 1.82) is 0 Å². The number of halogens is 4. The van der Waals surface area contributed by atoms with Crippen LogP contribution in [0.15, 0.2) is 118 Å². The van der Waals surface area contributed by atoms with Crippen LogP contribution in [0.25, 0.3) is 44.5 Å². The van der Waals surface area contributed by atoms with Gasteiger partial charge >= 0.3 is 0 Å². The molecule has 0 aliphatic heterocycles. The maximum Gasteiger partial charge on any atom is 0.254 e. The Labute approximate surface area is 343 Å². The maximum atomic E-state index is 12.6. The number of amides is 2. The van der Waals surface area contributed by atoms with Crippen LogP contribution in [0.2, 0.25) is 20.1 Å². The van der Waals surface area contributed by atoms with E-state index < -0.39 is 0 Å². The number of aromatic amines is 2. The SMILES string of the molecule is Cc1oc(-c2ccc(Cl)cc2)cc1C(=O)NCCc1c[nH]c2ccc(Cl)cc12.Cc1oc(-c2ccc(Cl)cc2)cc1C(=O)NCCc1c[nH]c2ccc(Cl)cc12. The predicted octanol–water partition coefficient (Wildman–Crippen LogP) is 12.0.